The fourth-order valence-electron chi connectivity index (χ4n) is 4.43. The number of rotatable bonds is 5. The number of esters is 1. The van der Waals surface area contributed by atoms with E-state index in [1.165, 1.54) is 0 Å². The highest BCUT2D eigenvalue weighted by Gasteiger charge is 2.45. The van der Waals surface area contributed by atoms with Gasteiger partial charge in [-0.3, -0.25) is 9.59 Å². The quantitative estimate of drug-likeness (QED) is 0.689. The maximum Gasteiger partial charge on any atom is 0.320 e. The number of hydrogen-bond acceptors (Lipinski definition) is 4. The van der Waals surface area contributed by atoms with Gasteiger partial charge in [0.2, 0.25) is 5.91 Å². The Morgan fingerprint density at radius 3 is 2.58 bits per heavy atom. The van der Waals surface area contributed by atoms with Crippen LogP contribution in [0.1, 0.15) is 51.9 Å². The summed E-state index contributed by atoms with van der Waals surface area (Å²) < 4.78 is 32.1. The van der Waals surface area contributed by atoms with Crippen molar-refractivity contribution in [2.45, 2.75) is 57.4 Å². The molecule has 1 saturated carbocycles. The van der Waals surface area contributed by atoms with Gasteiger partial charge in [-0.05, 0) is 44.7 Å². The zero-order valence-corrected chi connectivity index (χ0v) is 17.7. The van der Waals surface area contributed by atoms with Gasteiger partial charge in [-0.15, -0.1) is 0 Å². The molecule has 3 amide bonds. The Labute approximate surface area is 180 Å². The maximum atomic E-state index is 13.9. The van der Waals surface area contributed by atoms with E-state index in [4.69, 9.17) is 4.74 Å². The third-order valence-corrected chi connectivity index (χ3v) is 5.98. The first-order valence-corrected chi connectivity index (χ1v) is 10.8. The number of ether oxygens (including phenoxy) is 1. The highest BCUT2D eigenvalue weighted by Crippen LogP contribution is 2.32. The summed E-state index contributed by atoms with van der Waals surface area (Å²) in [5, 5.41) is 5.15. The van der Waals surface area contributed by atoms with E-state index in [2.05, 4.69) is 10.6 Å². The molecule has 31 heavy (non-hydrogen) atoms. The van der Waals surface area contributed by atoms with Crippen LogP contribution in [-0.4, -0.2) is 48.0 Å². The van der Waals surface area contributed by atoms with Crippen molar-refractivity contribution in [1.29, 1.82) is 0 Å². The number of likely N-dealkylation sites (tertiary alicyclic amines) is 1. The average molecular weight is 437 g/mol. The van der Waals surface area contributed by atoms with E-state index < -0.39 is 23.2 Å². The van der Waals surface area contributed by atoms with Crippen molar-refractivity contribution < 1.29 is 27.9 Å². The topological polar surface area (TPSA) is 87.7 Å². The summed E-state index contributed by atoms with van der Waals surface area (Å²) in [6, 6.07) is 2.14. The predicted octanol–water partition coefficient (Wildman–Crippen LogP) is 3.59. The molecular weight excluding hydrogens is 408 g/mol. The summed E-state index contributed by atoms with van der Waals surface area (Å²) >= 11 is 0. The Balaban J connectivity index is 1.72. The van der Waals surface area contributed by atoms with Crippen molar-refractivity contribution in [2.75, 3.05) is 25.0 Å². The lowest BCUT2D eigenvalue weighted by Crippen LogP contribution is -2.62. The smallest absolute Gasteiger partial charge is 0.320 e. The van der Waals surface area contributed by atoms with E-state index in [0.717, 1.165) is 31.4 Å². The van der Waals surface area contributed by atoms with E-state index in [9.17, 15) is 23.2 Å². The highest BCUT2D eigenvalue weighted by molar-refractivity contribution is 5.96. The molecule has 170 valence electrons. The second kappa shape index (κ2) is 10.1. The molecular formula is C22H29F2N3O4. The molecule has 0 bridgehead atoms. The minimum Gasteiger partial charge on any atom is -0.466 e. The molecule has 1 saturated heterocycles. The first kappa shape index (κ1) is 23.0. The fraction of sp³-hybridized carbons (Fsp3) is 0.591. The van der Waals surface area contributed by atoms with Gasteiger partial charge in [-0.25, -0.2) is 13.6 Å². The molecule has 0 spiro atoms. The molecule has 1 aliphatic carbocycles. The van der Waals surface area contributed by atoms with Gasteiger partial charge in [-0.1, -0.05) is 19.3 Å². The normalized spacial score (nSPS) is 20.6. The van der Waals surface area contributed by atoms with Gasteiger partial charge >= 0.3 is 12.0 Å². The van der Waals surface area contributed by atoms with Gasteiger partial charge in [-0.2, -0.15) is 0 Å². The molecule has 3 rings (SSSR count). The van der Waals surface area contributed by atoms with Crippen molar-refractivity contribution >= 4 is 23.6 Å². The predicted molar refractivity (Wildman–Crippen MR) is 110 cm³/mol. The maximum absolute atomic E-state index is 13.9. The van der Waals surface area contributed by atoms with Crippen LogP contribution >= 0.6 is 0 Å². The number of anilines is 1. The van der Waals surface area contributed by atoms with E-state index in [-0.39, 0.29) is 36.6 Å². The molecule has 2 N–H and O–H groups in total. The fourth-order valence-corrected chi connectivity index (χ4v) is 4.43. The minimum atomic E-state index is -1.12. The summed E-state index contributed by atoms with van der Waals surface area (Å²) in [6.45, 7) is 2.80. The number of carbonyl (C=O) groups is 3. The SMILES string of the molecule is CCOC(=O)C1CCCN(C(=O)C2(NC(=O)Nc3ccc(F)cc3F)CCCCC2)C1. The van der Waals surface area contributed by atoms with Crippen LogP contribution < -0.4 is 10.6 Å². The molecule has 1 unspecified atom stereocenters. The minimum absolute atomic E-state index is 0.169. The van der Waals surface area contributed by atoms with Crippen LogP contribution in [0.3, 0.4) is 0 Å². The Morgan fingerprint density at radius 1 is 1.16 bits per heavy atom. The van der Waals surface area contributed by atoms with Crippen LogP contribution in [0.2, 0.25) is 0 Å². The van der Waals surface area contributed by atoms with E-state index in [1.54, 1.807) is 11.8 Å². The molecule has 7 nitrogen and oxygen atoms in total. The first-order valence-electron chi connectivity index (χ1n) is 10.8. The third kappa shape index (κ3) is 5.51. The monoisotopic (exact) mass is 437 g/mol. The first-order chi connectivity index (χ1) is 14.8. The van der Waals surface area contributed by atoms with Gasteiger partial charge in [0.25, 0.3) is 0 Å². The number of nitrogens with zero attached hydrogens (tertiary/aromatic N) is 1. The Morgan fingerprint density at radius 2 is 1.90 bits per heavy atom. The van der Waals surface area contributed by atoms with Gasteiger partial charge in [0, 0.05) is 19.2 Å². The number of benzene rings is 1. The zero-order valence-electron chi connectivity index (χ0n) is 17.7. The molecule has 1 aliphatic heterocycles. The zero-order chi connectivity index (χ0) is 22.4. The van der Waals surface area contributed by atoms with Crippen LogP contribution in [0.4, 0.5) is 19.3 Å². The molecule has 1 atom stereocenters. The van der Waals surface area contributed by atoms with Crippen LogP contribution in [0, 0.1) is 17.6 Å². The molecule has 1 aromatic rings. The standard InChI is InChI=1S/C22H29F2N3O4/c1-2-31-19(28)15-7-6-12-27(14-15)20(29)22(10-4-3-5-11-22)26-21(30)25-18-9-8-16(23)13-17(18)24/h8-9,13,15H,2-7,10-12,14H2,1H3,(H2,25,26,30). The lowest BCUT2D eigenvalue weighted by atomic mass is 9.80. The largest absolute Gasteiger partial charge is 0.466 e. The van der Waals surface area contributed by atoms with Crippen molar-refractivity contribution in [2.24, 2.45) is 5.92 Å². The second-order valence-corrected chi connectivity index (χ2v) is 8.19. The average Bonchev–Trinajstić information content (AvgIpc) is 2.76. The third-order valence-electron chi connectivity index (χ3n) is 5.98. The van der Waals surface area contributed by atoms with E-state index in [1.807, 2.05) is 0 Å². The number of urea groups is 1. The molecule has 9 heteroatoms. The molecule has 1 heterocycles. The Kier molecular flexibility index (Phi) is 7.46. The van der Waals surface area contributed by atoms with Crippen molar-refractivity contribution in [3.63, 3.8) is 0 Å². The van der Waals surface area contributed by atoms with Crippen LogP contribution in [-0.2, 0) is 14.3 Å². The summed E-state index contributed by atoms with van der Waals surface area (Å²) in [5.74, 6) is -2.55. The number of amides is 3. The molecule has 0 radical (unpaired) electrons. The summed E-state index contributed by atoms with van der Waals surface area (Å²) in [7, 11) is 0. The number of halogens is 2. The summed E-state index contributed by atoms with van der Waals surface area (Å²) in [6.07, 6.45) is 4.76. The molecule has 2 aliphatic rings. The van der Waals surface area contributed by atoms with E-state index >= 15 is 0 Å². The van der Waals surface area contributed by atoms with Crippen molar-refractivity contribution in [3.8, 4) is 0 Å². The van der Waals surface area contributed by atoms with Crippen LogP contribution in [0.15, 0.2) is 18.2 Å². The lowest BCUT2D eigenvalue weighted by molar-refractivity contribution is -0.152. The van der Waals surface area contributed by atoms with Crippen LogP contribution in [0.25, 0.3) is 0 Å². The molecule has 1 aromatic carbocycles. The highest BCUT2D eigenvalue weighted by atomic mass is 19.1. The van der Waals surface area contributed by atoms with Crippen molar-refractivity contribution in [1.82, 2.24) is 10.2 Å². The Bertz CT molecular complexity index is 827. The van der Waals surface area contributed by atoms with Gasteiger partial charge in [0.15, 0.2) is 0 Å². The second-order valence-electron chi connectivity index (χ2n) is 8.19. The van der Waals surface area contributed by atoms with Gasteiger partial charge in [0.1, 0.15) is 17.2 Å². The summed E-state index contributed by atoms with van der Waals surface area (Å²) in [5.41, 5.74) is -1.28. The van der Waals surface area contributed by atoms with Crippen molar-refractivity contribution in [3.05, 3.63) is 29.8 Å². The Hall–Kier alpha value is -2.71. The number of hydrogen-bond donors (Lipinski definition) is 2. The number of nitrogens with one attached hydrogen (secondary N) is 2. The lowest BCUT2D eigenvalue weighted by Gasteiger charge is -2.42. The van der Waals surface area contributed by atoms with Gasteiger partial charge in [0.05, 0.1) is 18.2 Å². The number of piperidine rings is 1. The molecule has 2 fully saturated rings. The van der Waals surface area contributed by atoms with Gasteiger partial charge < -0.3 is 20.3 Å². The molecule has 0 aromatic heterocycles. The van der Waals surface area contributed by atoms with E-state index in [0.29, 0.717) is 38.3 Å². The summed E-state index contributed by atoms with van der Waals surface area (Å²) in [4.78, 5) is 39.9. The van der Waals surface area contributed by atoms with Crippen LogP contribution in [0.5, 0.6) is 0 Å². The number of carbonyl (C=O) groups excluding carboxylic acids is 3.